The van der Waals surface area contributed by atoms with Crippen LogP contribution in [0.25, 0.3) is 11.3 Å². The Bertz CT molecular complexity index is 526. The quantitative estimate of drug-likeness (QED) is 0.944. The third-order valence-electron chi connectivity index (χ3n) is 2.65. The second-order valence-electron chi connectivity index (χ2n) is 4.38. The topological polar surface area (TPSA) is 51.8 Å². The molecule has 94 valence electrons. The highest BCUT2D eigenvalue weighted by Crippen LogP contribution is 2.21. The molecular weight excluding hydrogens is 290 g/mol. The Hall–Kier alpha value is -1.26. The molecule has 4 heteroatoms. The monoisotopic (exact) mass is 305 g/mol. The summed E-state index contributed by atoms with van der Waals surface area (Å²) in [7, 11) is 0. The number of nitrogens with two attached hydrogens (primary N) is 1. The summed E-state index contributed by atoms with van der Waals surface area (Å²) in [5.74, 6) is 0.852. The number of halogens is 1. The van der Waals surface area contributed by atoms with Gasteiger partial charge in [-0.1, -0.05) is 28.1 Å². The maximum Gasteiger partial charge on any atom is 0.129 e. The Kier molecular flexibility index (Phi) is 4.44. The average molecular weight is 306 g/mol. The van der Waals surface area contributed by atoms with Crippen molar-refractivity contribution in [2.24, 2.45) is 5.73 Å². The Balaban J connectivity index is 2.21. The van der Waals surface area contributed by atoms with E-state index in [4.69, 9.17) is 5.73 Å². The smallest absolute Gasteiger partial charge is 0.129 e. The molecular formula is C14H16BrN3. The van der Waals surface area contributed by atoms with Crippen molar-refractivity contribution >= 4 is 15.9 Å². The molecule has 2 N–H and O–H groups in total. The van der Waals surface area contributed by atoms with Gasteiger partial charge in [0.05, 0.1) is 5.69 Å². The van der Waals surface area contributed by atoms with Crippen LogP contribution in [0.15, 0.2) is 41.0 Å². The van der Waals surface area contributed by atoms with Crippen LogP contribution < -0.4 is 5.73 Å². The largest absolute Gasteiger partial charge is 0.328 e. The zero-order valence-electron chi connectivity index (χ0n) is 10.3. The van der Waals surface area contributed by atoms with Crippen molar-refractivity contribution in [3.63, 3.8) is 0 Å². The summed E-state index contributed by atoms with van der Waals surface area (Å²) < 4.78 is 1.05. The minimum atomic E-state index is 0.183. The molecule has 18 heavy (non-hydrogen) atoms. The van der Waals surface area contributed by atoms with Gasteiger partial charge in [-0.3, -0.25) is 0 Å². The van der Waals surface area contributed by atoms with Crippen LogP contribution in [0.2, 0.25) is 0 Å². The third kappa shape index (κ3) is 3.62. The average Bonchev–Trinajstić information content (AvgIpc) is 2.37. The van der Waals surface area contributed by atoms with E-state index in [1.807, 2.05) is 31.2 Å². The van der Waals surface area contributed by atoms with Crippen LogP contribution in [0, 0.1) is 0 Å². The molecule has 0 aliphatic carbocycles. The molecule has 0 saturated carbocycles. The number of aryl methyl sites for hydroxylation is 1. The molecule has 2 rings (SSSR count). The Morgan fingerprint density at radius 3 is 2.89 bits per heavy atom. The summed E-state index contributed by atoms with van der Waals surface area (Å²) in [5.41, 5.74) is 7.79. The van der Waals surface area contributed by atoms with Gasteiger partial charge in [-0.15, -0.1) is 0 Å². The fourth-order valence-electron chi connectivity index (χ4n) is 1.68. The molecule has 1 aromatic heterocycles. The first-order chi connectivity index (χ1) is 8.65. The number of rotatable bonds is 4. The number of aromatic nitrogens is 2. The van der Waals surface area contributed by atoms with E-state index in [0.717, 1.165) is 34.4 Å². The lowest BCUT2D eigenvalue weighted by atomic mass is 10.1. The maximum atomic E-state index is 5.75. The molecule has 0 saturated heterocycles. The van der Waals surface area contributed by atoms with Crippen LogP contribution in [-0.2, 0) is 6.42 Å². The third-order valence-corrected chi connectivity index (χ3v) is 3.14. The number of nitrogens with zero attached hydrogens (tertiary/aromatic N) is 2. The molecule has 0 bridgehead atoms. The van der Waals surface area contributed by atoms with Gasteiger partial charge in [-0.05, 0) is 31.5 Å². The Morgan fingerprint density at radius 2 is 2.17 bits per heavy atom. The van der Waals surface area contributed by atoms with E-state index in [9.17, 15) is 0 Å². The highest BCUT2D eigenvalue weighted by molar-refractivity contribution is 9.10. The van der Waals surface area contributed by atoms with Crippen molar-refractivity contribution in [3.8, 4) is 11.3 Å². The van der Waals surface area contributed by atoms with Gasteiger partial charge in [-0.25, -0.2) is 9.97 Å². The molecule has 0 spiro atoms. The van der Waals surface area contributed by atoms with Crippen molar-refractivity contribution in [3.05, 3.63) is 46.8 Å². The first-order valence-electron chi connectivity index (χ1n) is 5.98. The second kappa shape index (κ2) is 6.07. The summed E-state index contributed by atoms with van der Waals surface area (Å²) in [5, 5.41) is 0. The minimum Gasteiger partial charge on any atom is -0.328 e. The predicted molar refractivity (Wildman–Crippen MR) is 77.1 cm³/mol. The molecule has 1 atom stereocenters. The lowest BCUT2D eigenvalue weighted by Crippen LogP contribution is -2.16. The number of hydrogen-bond acceptors (Lipinski definition) is 3. The zero-order chi connectivity index (χ0) is 13.0. The van der Waals surface area contributed by atoms with Gasteiger partial charge < -0.3 is 5.73 Å². The molecule has 1 unspecified atom stereocenters. The number of benzene rings is 1. The second-order valence-corrected chi connectivity index (χ2v) is 5.30. The first-order valence-corrected chi connectivity index (χ1v) is 6.78. The molecule has 0 aliphatic heterocycles. The van der Waals surface area contributed by atoms with E-state index < -0.39 is 0 Å². The van der Waals surface area contributed by atoms with Gasteiger partial charge in [0.25, 0.3) is 0 Å². The van der Waals surface area contributed by atoms with E-state index in [-0.39, 0.29) is 6.04 Å². The van der Waals surface area contributed by atoms with Gasteiger partial charge in [0.15, 0.2) is 0 Å². The summed E-state index contributed by atoms with van der Waals surface area (Å²) >= 11 is 3.47. The lowest BCUT2D eigenvalue weighted by molar-refractivity contribution is 0.648. The van der Waals surface area contributed by atoms with Gasteiger partial charge in [-0.2, -0.15) is 0 Å². The van der Waals surface area contributed by atoms with E-state index in [1.54, 1.807) is 6.20 Å². The molecule has 2 aromatic rings. The normalized spacial score (nSPS) is 12.4. The van der Waals surface area contributed by atoms with Crippen LogP contribution in [0.1, 0.15) is 19.2 Å². The standard InChI is InChI=1S/C14H16BrN3/c1-10(16)5-6-14-17-8-7-13(18-14)11-3-2-4-12(15)9-11/h2-4,7-10H,5-6,16H2,1H3. The first kappa shape index (κ1) is 13.2. The van der Waals surface area contributed by atoms with E-state index in [0.29, 0.717) is 0 Å². The maximum absolute atomic E-state index is 5.75. The highest BCUT2D eigenvalue weighted by Gasteiger charge is 2.04. The van der Waals surface area contributed by atoms with Gasteiger partial charge in [0.2, 0.25) is 0 Å². The summed E-state index contributed by atoms with van der Waals surface area (Å²) in [6.07, 6.45) is 3.53. The van der Waals surface area contributed by atoms with Crippen molar-refractivity contribution in [1.29, 1.82) is 0 Å². The lowest BCUT2D eigenvalue weighted by Gasteiger charge is -2.06. The van der Waals surface area contributed by atoms with Crippen LogP contribution in [-0.4, -0.2) is 16.0 Å². The molecule has 0 aliphatic rings. The van der Waals surface area contributed by atoms with E-state index in [2.05, 4.69) is 32.0 Å². The highest BCUT2D eigenvalue weighted by atomic mass is 79.9. The van der Waals surface area contributed by atoms with Crippen LogP contribution in [0.3, 0.4) is 0 Å². The summed E-state index contributed by atoms with van der Waals surface area (Å²) in [6.45, 7) is 2.00. The van der Waals surface area contributed by atoms with Crippen molar-refractivity contribution < 1.29 is 0 Å². The minimum absolute atomic E-state index is 0.183. The molecule has 0 amide bonds. The van der Waals surface area contributed by atoms with Gasteiger partial charge >= 0.3 is 0 Å². The molecule has 0 radical (unpaired) electrons. The zero-order valence-corrected chi connectivity index (χ0v) is 11.9. The molecule has 0 fully saturated rings. The van der Waals surface area contributed by atoms with E-state index in [1.165, 1.54) is 0 Å². The van der Waals surface area contributed by atoms with Gasteiger partial charge in [0, 0.05) is 28.7 Å². The number of hydrogen-bond donors (Lipinski definition) is 1. The van der Waals surface area contributed by atoms with Gasteiger partial charge in [0.1, 0.15) is 5.82 Å². The fourth-order valence-corrected chi connectivity index (χ4v) is 2.08. The fraction of sp³-hybridized carbons (Fsp3) is 0.286. The van der Waals surface area contributed by atoms with Crippen molar-refractivity contribution in [2.75, 3.05) is 0 Å². The van der Waals surface area contributed by atoms with Crippen LogP contribution in [0.5, 0.6) is 0 Å². The predicted octanol–water partition coefficient (Wildman–Crippen LogP) is 3.19. The molecule has 1 aromatic carbocycles. The van der Waals surface area contributed by atoms with Crippen LogP contribution in [0.4, 0.5) is 0 Å². The van der Waals surface area contributed by atoms with Crippen LogP contribution >= 0.6 is 15.9 Å². The Labute approximate surface area is 116 Å². The van der Waals surface area contributed by atoms with E-state index >= 15 is 0 Å². The summed E-state index contributed by atoms with van der Waals surface area (Å²) in [6, 6.07) is 10.2. The summed E-state index contributed by atoms with van der Waals surface area (Å²) in [4.78, 5) is 8.85. The molecule has 1 heterocycles. The SMILES string of the molecule is CC(N)CCc1nccc(-c2cccc(Br)c2)n1. The molecule has 3 nitrogen and oxygen atoms in total. The van der Waals surface area contributed by atoms with Crippen molar-refractivity contribution in [2.45, 2.75) is 25.8 Å². The van der Waals surface area contributed by atoms with Crippen molar-refractivity contribution in [1.82, 2.24) is 9.97 Å². The Morgan fingerprint density at radius 1 is 1.33 bits per heavy atom.